The highest BCUT2D eigenvalue weighted by atomic mass is 32.2. The van der Waals surface area contributed by atoms with Crippen LogP contribution in [0.4, 0.5) is 5.82 Å². The fourth-order valence-corrected chi connectivity index (χ4v) is 2.33. The second-order valence-corrected chi connectivity index (χ2v) is 5.18. The van der Waals surface area contributed by atoms with Crippen LogP contribution in [0.3, 0.4) is 0 Å². The molecule has 96 valence electrons. The van der Waals surface area contributed by atoms with E-state index in [1.807, 2.05) is 0 Å². The van der Waals surface area contributed by atoms with Crippen LogP contribution in [0, 0.1) is 0 Å². The van der Waals surface area contributed by atoms with Crippen LogP contribution in [0.15, 0.2) is 34.1 Å². The van der Waals surface area contributed by atoms with E-state index in [9.17, 15) is 8.42 Å². The minimum Gasteiger partial charge on any atom is -0.384 e. The normalized spacial score (nSPS) is 11.6. The molecule has 0 radical (unpaired) electrons. The Morgan fingerprint density at radius 1 is 1.39 bits per heavy atom. The number of sulfonamides is 1. The Balaban J connectivity index is 1.99. The molecule has 2 aromatic heterocycles. The largest absolute Gasteiger partial charge is 0.384 e. The van der Waals surface area contributed by atoms with Crippen molar-refractivity contribution in [1.82, 2.24) is 19.8 Å². The third-order valence-electron chi connectivity index (χ3n) is 2.11. The average Bonchev–Trinajstić information content (AvgIpc) is 2.82. The van der Waals surface area contributed by atoms with Crippen molar-refractivity contribution < 1.29 is 12.9 Å². The average molecular weight is 269 g/mol. The fourth-order valence-electron chi connectivity index (χ4n) is 1.28. The van der Waals surface area contributed by atoms with Crippen LogP contribution in [-0.4, -0.2) is 30.1 Å². The van der Waals surface area contributed by atoms with E-state index in [4.69, 9.17) is 5.73 Å². The molecule has 8 nitrogen and oxygen atoms in total. The summed E-state index contributed by atoms with van der Waals surface area (Å²) in [6.07, 6.45) is 2.87. The second kappa shape index (κ2) is 5.10. The number of anilines is 1. The van der Waals surface area contributed by atoms with E-state index >= 15 is 0 Å². The molecule has 0 aliphatic heterocycles. The molecule has 0 saturated carbocycles. The zero-order chi connectivity index (χ0) is 13.0. The highest BCUT2D eigenvalue weighted by Crippen LogP contribution is 2.09. The molecule has 0 saturated heterocycles. The number of pyridine rings is 1. The number of hydrogen-bond donors (Lipinski definition) is 2. The van der Waals surface area contributed by atoms with Crippen LogP contribution in [0.2, 0.25) is 0 Å². The van der Waals surface area contributed by atoms with Gasteiger partial charge in [-0.15, -0.1) is 0 Å². The van der Waals surface area contributed by atoms with Gasteiger partial charge in [-0.2, -0.15) is 4.98 Å². The molecule has 2 rings (SSSR count). The van der Waals surface area contributed by atoms with Crippen LogP contribution in [0.1, 0.15) is 5.82 Å². The Kier molecular flexibility index (Phi) is 3.53. The number of nitrogen functional groups attached to an aromatic ring is 1. The predicted octanol–water partition coefficient (Wildman–Crippen LogP) is -0.432. The fraction of sp³-hybridized carbons (Fsp3) is 0.222. The minimum atomic E-state index is -3.59. The highest BCUT2D eigenvalue weighted by Gasteiger charge is 2.14. The van der Waals surface area contributed by atoms with Crippen LogP contribution >= 0.6 is 0 Å². The van der Waals surface area contributed by atoms with Gasteiger partial charge in [0.05, 0.1) is 4.90 Å². The van der Waals surface area contributed by atoms with Crippen LogP contribution in [-0.2, 0) is 16.4 Å². The number of aromatic nitrogens is 3. The predicted molar refractivity (Wildman–Crippen MR) is 61.8 cm³/mol. The van der Waals surface area contributed by atoms with Crippen molar-refractivity contribution in [2.45, 2.75) is 11.3 Å². The first-order valence-corrected chi connectivity index (χ1v) is 6.53. The van der Waals surface area contributed by atoms with Crippen molar-refractivity contribution in [3.8, 4) is 0 Å². The summed E-state index contributed by atoms with van der Waals surface area (Å²) in [6, 6.07) is 2.66. The summed E-state index contributed by atoms with van der Waals surface area (Å²) in [5.74, 6) is 0.586. The van der Waals surface area contributed by atoms with E-state index < -0.39 is 10.0 Å². The summed E-state index contributed by atoms with van der Waals surface area (Å²) in [5, 5.41) is 3.57. The zero-order valence-electron chi connectivity index (χ0n) is 9.28. The molecule has 0 atom stereocenters. The summed E-state index contributed by atoms with van der Waals surface area (Å²) < 4.78 is 30.7. The van der Waals surface area contributed by atoms with Gasteiger partial charge >= 0.3 is 0 Å². The summed E-state index contributed by atoms with van der Waals surface area (Å²) in [4.78, 5) is 7.58. The molecule has 2 heterocycles. The summed E-state index contributed by atoms with van der Waals surface area (Å²) in [6.45, 7) is 0.171. The lowest BCUT2D eigenvalue weighted by Crippen LogP contribution is -2.26. The monoisotopic (exact) mass is 269 g/mol. The molecule has 0 bridgehead atoms. The standard InChI is InChI=1S/C9H11N5O3S/c10-8-5-7(1-3-11-8)18(15,16)13-4-2-9-12-6-17-14-9/h1,3,5-6,13H,2,4H2,(H2,10,11). The number of nitrogens with one attached hydrogen (secondary N) is 1. The number of nitrogens with zero attached hydrogens (tertiary/aromatic N) is 3. The van der Waals surface area contributed by atoms with E-state index in [0.717, 1.165) is 0 Å². The topological polar surface area (TPSA) is 124 Å². The van der Waals surface area contributed by atoms with Crippen molar-refractivity contribution in [2.24, 2.45) is 0 Å². The molecule has 0 aromatic carbocycles. The van der Waals surface area contributed by atoms with Gasteiger partial charge in [-0.3, -0.25) is 0 Å². The lowest BCUT2D eigenvalue weighted by atomic mass is 10.4. The third kappa shape index (κ3) is 3.02. The van der Waals surface area contributed by atoms with Crippen LogP contribution < -0.4 is 10.5 Å². The Morgan fingerprint density at radius 3 is 2.89 bits per heavy atom. The van der Waals surface area contributed by atoms with Gasteiger partial charge in [-0.25, -0.2) is 18.1 Å². The number of rotatable bonds is 5. The third-order valence-corrected chi connectivity index (χ3v) is 3.57. The summed E-state index contributed by atoms with van der Waals surface area (Å²) in [7, 11) is -3.59. The maximum absolute atomic E-state index is 11.9. The van der Waals surface area contributed by atoms with Gasteiger partial charge in [0.1, 0.15) is 5.82 Å². The Hall–Kier alpha value is -2.00. The van der Waals surface area contributed by atoms with E-state index in [2.05, 4.69) is 24.4 Å². The molecular weight excluding hydrogens is 258 g/mol. The SMILES string of the molecule is Nc1cc(S(=O)(=O)NCCc2ncon2)ccn1. The Labute approximate surface area is 103 Å². The van der Waals surface area contributed by atoms with Gasteiger partial charge in [0.2, 0.25) is 16.4 Å². The van der Waals surface area contributed by atoms with Gasteiger partial charge in [-0.1, -0.05) is 5.16 Å². The zero-order valence-corrected chi connectivity index (χ0v) is 10.1. The molecule has 0 aliphatic carbocycles. The summed E-state index contributed by atoms with van der Waals surface area (Å²) >= 11 is 0. The van der Waals surface area contributed by atoms with E-state index in [1.54, 1.807) is 0 Å². The van der Waals surface area contributed by atoms with Gasteiger partial charge in [0, 0.05) is 25.2 Å². The Morgan fingerprint density at radius 2 is 2.22 bits per heavy atom. The number of nitrogens with two attached hydrogens (primary N) is 1. The number of hydrogen-bond acceptors (Lipinski definition) is 7. The summed E-state index contributed by atoms with van der Waals surface area (Å²) in [5.41, 5.74) is 5.43. The molecule has 2 aromatic rings. The van der Waals surface area contributed by atoms with Gasteiger partial charge < -0.3 is 10.3 Å². The molecule has 0 aliphatic rings. The van der Waals surface area contributed by atoms with Crippen LogP contribution in [0.25, 0.3) is 0 Å². The maximum Gasteiger partial charge on any atom is 0.240 e. The first-order chi connectivity index (χ1) is 8.58. The molecule has 0 amide bonds. The first kappa shape index (κ1) is 12.5. The van der Waals surface area contributed by atoms with Crippen molar-refractivity contribution in [3.05, 3.63) is 30.5 Å². The maximum atomic E-state index is 11.9. The molecule has 0 fully saturated rings. The molecule has 0 unspecified atom stereocenters. The second-order valence-electron chi connectivity index (χ2n) is 3.41. The van der Waals surface area contributed by atoms with Crippen molar-refractivity contribution in [3.63, 3.8) is 0 Å². The smallest absolute Gasteiger partial charge is 0.240 e. The first-order valence-electron chi connectivity index (χ1n) is 5.04. The minimum absolute atomic E-state index is 0.0723. The molecular formula is C9H11N5O3S. The van der Waals surface area contributed by atoms with E-state index in [1.165, 1.54) is 24.7 Å². The van der Waals surface area contributed by atoms with Crippen molar-refractivity contribution in [2.75, 3.05) is 12.3 Å². The van der Waals surface area contributed by atoms with Gasteiger partial charge in [0.15, 0.2) is 5.82 Å². The van der Waals surface area contributed by atoms with Gasteiger partial charge in [-0.05, 0) is 6.07 Å². The van der Waals surface area contributed by atoms with E-state index in [0.29, 0.717) is 12.2 Å². The van der Waals surface area contributed by atoms with Gasteiger partial charge in [0.25, 0.3) is 0 Å². The van der Waals surface area contributed by atoms with Crippen molar-refractivity contribution >= 4 is 15.8 Å². The molecule has 9 heteroatoms. The van der Waals surface area contributed by atoms with E-state index in [-0.39, 0.29) is 17.3 Å². The molecule has 3 N–H and O–H groups in total. The lowest BCUT2D eigenvalue weighted by Gasteiger charge is -2.05. The molecule has 18 heavy (non-hydrogen) atoms. The van der Waals surface area contributed by atoms with Crippen molar-refractivity contribution in [1.29, 1.82) is 0 Å². The lowest BCUT2D eigenvalue weighted by molar-refractivity contribution is 0.410. The quantitative estimate of drug-likeness (QED) is 0.754. The molecule has 0 spiro atoms. The Bertz CT molecular complexity index is 611. The van der Waals surface area contributed by atoms with Crippen LogP contribution in [0.5, 0.6) is 0 Å². The highest BCUT2D eigenvalue weighted by molar-refractivity contribution is 7.89.